The molecule has 5 nitrogen and oxygen atoms in total. The maximum absolute atomic E-state index is 12.3. The summed E-state index contributed by atoms with van der Waals surface area (Å²) < 4.78 is 0. The molecule has 1 N–H and O–H groups in total. The average molecular weight is 303 g/mol. The largest absolute Gasteiger partial charge is 0.352 e. The Labute approximate surface area is 132 Å². The van der Waals surface area contributed by atoms with Crippen LogP contribution in [0.25, 0.3) is 0 Å². The summed E-state index contributed by atoms with van der Waals surface area (Å²) in [7, 11) is 0. The molecular formula is C17H25N3O2. The zero-order valence-corrected chi connectivity index (χ0v) is 13.3. The lowest BCUT2D eigenvalue weighted by molar-refractivity contribution is -0.133. The number of carbonyl (C=O) groups excluding carboxylic acids is 2. The van der Waals surface area contributed by atoms with Crippen molar-refractivity contribution in [1.29, 1.82) is 0 Å². The van der Waals surface area contributed by atoms with Gasteiger partial charge in [0.05, 0.1) is 0 Å². The van der Waals surface area contributed by atoms with E-state index in [0.29, 0.717) is 25.8 Å². The van der Waals surface area contributed by atoms with E-state index in [9.17, 15) is 9.59 Å². The van der Waals surface area contributed by atoms with E-state index in [1.807, 2.05) is 30.0 Å². The molecule has 5 heteroatoms. The SMILES string of the molecule is CCCC(=O)NC1CCCN(C(=O)CCc2ccccn2)C1. The Morgan fingerprint density at radius 2 is 2.23 bits per heavy atom. The fraction of sp³-hybridized carbons (Fsp3) is 0.588. The fourth-order valence-corrected chi connectivity index (χ4v) is 2.79. The normalized spacial score (nSPS) is 18.0. The van der Waals surface area contributed by atoms with Crippen molar-refractivity contribution < 1.29 is 9.59 Å². The molecule has 0 spiro atoms. The van der Waals surface area contributed by atoms with Crippen molar-refractivity contribution in [3.63, 3.8) is 0 Å². The van der Waals surface area contributed by atoms with Gasteiger partial charge in [-0.2, -0.15) is 0 Å². The topological polar surface area (TPSA) is 62.3 Å². The van der Waals surface area contributed by atoms with Crippen LogP contribution in [0.15, 0.2) is 24.4 Å². The van der Waals surface area contributed by atoms with Crippen LogP contribution in [0.5, 0.6) is 0 Å². The van der Waals surface area contributed by atoms with Gasteiger partial charge in [0.1, 0.15) is 0 Å². The lowest BCUT2D eigenvalue weighted by Crippen LogP contribution is -2.49. The Balaban J connectivity index is 1.78. The van der Waals surface area contributed by atoms with Crippen LogP contribution in [0.2, 0.25) is 0 Å². The highest BCUT2D eigenvalue weighted by Gasteiger charge is 2.24. The maximum atomic E-state index is 12.3. The standard InChI is InChI=1S/C17H25N3O2/c1-2-6-16(21)19-15-8-5-12-20(13-15)17(22)10-9-14-7-3-4-11-18-14/h3-4,7,11,15H,2,5-6,8-10,12-13H2,1H3,(H,19,21). The molecule has 0 aliphatic carbocycles. The van der Waals surface area contributed by atoms with Crippen molar-refractivity contribution in [1.82, 2.24) is 15.2 Å². The zero-order chi connectivity index (χ0) is 15.8. The zero-order valence-electron chi connectivity index (χ0n) is 13.3. The van der Waals surface area contributed by atoms with Gasteiger partial charge in [-0.3, -0.25) is 14.6 Å². The van der Waals surface area contributed by atoms with Gasteiger partial charge in [-0.15, -0.1) is 0 Å². The predicted octanol–water partition coefficient (Wildman–Crippen LogP) is 1.92. The second-order valence-corrected chi connectivity index (χ2v) is 5.82. The van der Waals surface area contributed by atoms with Crippen molar-refractivity contribution in [2.45, 2.75) is 51.5 Å². The highest BCUT2D eigenvalue weighted by atomic mass is 16.2. The smallest absolute Gasteiger partial charge is 0.223 e. The van der Waals surface area contributed by atoms with Crippen LogP contribution in [-0.4, -0.2) is 40.8 Å². The first-order valence-electron chi connectivity index (χ1n) is 8.16. The first kappa shape index (κ1) is 16.5. The van der Waals surface area contributed by atoms with Gasteiger partial charge in [0.25, 0.3) is 0 Å². The minimum absolute atomic E-state index is 0.0929. The molecule has 1 fully saturated rings. The van der Waals surface area contributed by atoms with Crippen LogP contribution in [0.3, 0.4) is 0 Å². The molecule has 1 aromatic heterocycles. The summed E-state index contributed by atoms with van der Waals surface area (Å²) in [4.78, 5) is 30.1. The summed E-state index contributed by atoms with van der Waals surface area (Å²) in [5.74, 6) is 0.246. The molecule has 1 aliphatic rings. The predicted molar refractivity (Wildman–Crippen MR) is 85.2 cm³/mol. The van der Waals surface area contributed by atoms with E-state index < -0.39 is 0 Å². The molecule has 0 radical (unpaired) electrons. The summed E-state index contributed by atoms with van der Waals surface area (Å²) in [6.07, 6.45) is 6.22. The maximum Gasteiger partial charge on any atom is 0.223 e. The summed E-state index contributed by atoms with van der Waals surface area (Å²) in [5.41, 5.74) is 0.945. The molecule has 1 aliphatic heterocycles. The Morgan fingerprint density at radius 3 is 2.95 bits per heavy atom. The van der Waals surface area contributed by atoms with Gasteiger partial charge < -0.3 is 10.2 Å². The number of nitrogens with zero attached hydrogens (tertiary/aromatic N) is 2. The first-order valence-corrected chi connectivity index (χ1v) is 8.16. The van der Waals surface area contributed by atoms with Crippen molar-refractivity contribution >= 4 is 11.8 Å². The molecule has 2 heterocycles. The highest BCUT2D eigenvalue weighted by molar-refractivity contribution is 5.77. The highest BCUT2D eigenvalue weighted by Crippen LogP contribution is 2.12. The first-order chi connectivity index (χ1) is 10.7. The molecule has 120 valence electrons. The monoisotopic (exact) mass is 303 g/mol. The number of rotatable bonds is 6. The minimum Gasteiger partial charge on any atom is -0.352 e. The molecule has 1 unspecified atom stereocenters. The molecule has 0 aromatic carbocycles. The van der Waals surface area contributed by atoms with Gasteiger partial charge in [-0.1, -0.05) is 13.0 Å². The number of hydrogen-bond acceptors (Lipinski definition) is 3. The molecular weight excluding hydrogens is 278 g/mol. The van der Waals surface area contributed by atoms with Crippen LogP contribution >= 0.6 is 0 Å². The molecule has 22 heavy (non-hydrogen) atoms. The number of amides is 2. The number of likely N-dealkylation sites (tertiary alicyclic amines) is 1. The minimum atomic E-state index is 0.0929. The summed E-state index contributed by atoms with van der Waals surface area (Å²) in [6, 6.07) is 5.86. The van der Waals surface area contributed by atoms with Crippen LogP contribution in [0, 0.1) is 0 Å². The van der Waals surface area contributed by atoms with E-state index in [2.05, 4.69) is 10.3 Å². The number of hydrogen-bond donors (Lipinski definition) is 1. The third-order valence-electron chi connectivity index (χ3n) is 3.94. The number of pyridine rings is 1. The van der Waals surface area contributed by atoms with Gasteiger partial charge in [0.2, 0.25) is 11.8 Å². The summed E-state index contributed by atoms with van der Waals surface area (Å²) in [6.45, 7) is 3.42. The van der Waals surface area contributed by atoms with E-state index in [-0.39, 0.29) is 17.9 Å². The number of aromatic nitrogens is 1. The third kappa shape index (κ3) is 5.13. The molecule has 0 bridgehead atoms. The van der Waals surface area contributed by atoms with Crippen LogP contribution in [0.1, 0.15) is 44.7 Å². The Kier molecular flexibility index (Phi) is 6.37. The summed E-state index contributed by atoms with van der Waals surface area (Å²) >= 11 is 0. The Morgan fingerprint density at radius 1 is 1.36 bits per heavy atom. The molecule has 1 aromatic rings. The second kappa shape index (κ2) is 8.51. The summed E-state index contributed by atoms with van der Waals surface area (Å²) in [5, 5.41) is 3.03. The van der Waals surface area contributed by atoms with Crippen molar-refractivity contribution in [3.05, 3.63) is 30.1 Å². The van der Waals surface area contributed by atoms with Gasteiger partial charge in [-0.25, -0.2) is 0 Å². The quantitative estimate of drug-likeness (QED) is 0.873. The van der Waals surface area contributed by atoms with Crippen LogP contribution in [0.4, 0.5) is 0 Å². The van der Waals surface area contributed by atoms with E-state index in [1.165, 1.54) is 0 Å². The second-order valence-electron chi connectivity index (χ2n) is 5.82. The molecule has 1 atom stereocenters. The Hall–Kier alpha value is -1.91. The average Bonchev–Trinajstić information content (AvgIpc) is 2.54. The van der Waals surface area contributed by atoms with E-state index >= 15 is 0 Å². The lowest BCUT2D eigenvalue weighted by atomic mass is 10.0. The van der Waals surface area contributed by atoms with Gasteiger partial charge in [0, 0.05) is 43.9 Å². The van der Waals surface area contributed by atoms with E-state index in [0.717, 1.165) is 31.5 Å². The molecule has 0 saturated carbocycles. The Bertz CT molecular complexity index is 490. The van der Waals surface area contributed by atoms with Crippen molar-refractivity contribution in [2.24, 2.45) is 0 Å². The number of aryl methyl sites for hydroxylation is 1. The third-order valence-corrected chi connectivity index (χ3v) is 3.94. The number of nitrogens with one attached hydrogen (secondary N) is 1. The van der Waals surface area contributed by atoms with Gasteiger partial charge in [-0.05, 0) is 37.8 Å². The van der Waals surface area contributed by atoms with E-state index in [4.69, 9.17) is 0 Å². The van der Waals surface area contributed by atoms with Crippen molar-refractivity contribution in [2.75, 3.05) is 13.1 Å². The van der Waals surface area contributed by atoms with Crippen molar-refractivity contribution in [3.8, 4) is 0 Å². The van der Waals surface area contributed by atoms with E-state index in [1.54, 1.807) is 6.20 Å². The molecule has 2 amide bonds. The van der Waals surface area contributed by atoms with Gasteiger partial charge in [0.15, 0.2) is 0 Å². The van der Waals surface area contributed by atoms with Crippen LogP contribution in [-0.2, 0) is 16.0 Å². The molecule has 1 saturated heterocycles. The molecule has 2 rings (SSSR count). The fourth-order valence-electron chi connectivity index (χ4n) is 2.79. The number of carbonyl (C=O) groups is 2. The lowest BCUT2D eigenvalue weighted by Gasteiger charge is -2.33. The van der Waals surface area contributed by atoms with Crippen LogP contribution < -0.4 is 5.32 Å². The number of piperidine rings is 1. The van der Waals surface area contributed by atoms with Gasteiger partial charge >= 0.3 is 0 Å².